The molecule has 1 aliphatic heterocycles. The summed E-state index contributed by atoms with van der Waals surface area (Å²) in [5.74, 6) is -0.0925. The van der Waals surface area contributed by atoms with Gasteiger partial charge >= 0.3 is 5.97 Å². The van der Waals surface area contributed by atoms with Crippen molar-refractivity contribution in [1.82, 2.24) is 0 Å². The van der Waals surface area contributed by atoms with Crippen molar-refractivity contribution >= 4 is 29.2 Å². The Bertz CT molecular complexity index is 792. The Morgan fingerprint density at radius 2 is 1.96 bits per heavy atom. The number of nitrogens with zero attached hydrogens (tertiary/aromatic N) is 1. The summed E-state index contributed by atoms with van der Waals surface area (Å²) in [6, 6.07) is 14.3. The minimum atomic E-state index is -0.505. The average molecular weight is 360 g/mol. The number of anilines is 1. The standard InChI is InChI=1S/C19H18ClNO4/c1-13(14-6-2-3-7-15(14)20)25-19(23)12-21-16-8-4-5-9-17(16)24-11-10-18(21)22/h2-9,13H,10-12H2,1H3/t13-/m1/s1. The van der Waals surface area contributed by atoms with Gasteiger partial charge in [0.2, 0.25) is 5.91 Å². The van der Waals surface area contributed by atoms with Gasteiger partial charge in [-0.25, -0.2) is 0 Å². The quantitative estimate of drug-likeness (QED) is 0.780. The average Bonchev–Trinajstić information content (AvgIpc) is 2.75. The van der Waals surface area contributed by atoms with E-state index in [1.165, 1.54) is 4.90 Å². The number of rotatable bonds is 4. The van der Waals surface area contributed by atoms with Gasteiger partial charge in [0.15, 0.2) is 0 Å². The topological polar surface area (TPSA) is 55.8 Å². The molecule has 0 radical (unpaired) electrons. The lowest BCUT2D eigenvalue weighted by Crippen LogP contribution is -2.36. The molecule has 130 valence electrons. The molecule has 0 spiro atoms. The lowest BCUT2D eigenvalue weighted by atomic mass is 10.1. The minimum Gasteiger partial charge on any atom is -0.491 e. The molecule has 0 N–H and O–H groups in total. The fourth-order valence-corrected chi connectivity index (χ4v) is 3.01. The van der Waals surface area contributed by atoms with Crippen molar-refractivity contribution in [3.05, 3.63) is 59.1 Å². The summed E-state index contributed by atoms with van der Waals surface area (Å²) in [5, 5.41) is 0.535. The highest BCUT2D eigenvalue weighted by molar-refractivity contribution is 6.31. The number of amides is 1. The molecule has 0 saturated carbocycles. The third-order valence-electron chi connectivity index (χ3n) is 3.97. The molecular weight excluding hydrogens is 342 g/mol. The molecular formula is C19H18ClNO4. The summed E-state index contributed by atoms with van der Waals surface area (Å²) in [5.41, 5.74) is 1.30. The van der Waals surface area contributed by atoms with Crippen LogP contribution in [-0.2, 0) is 14.3 Å². The van der Waals surface area contributed by atoms with Crippen molar-refractivity contribution in [3.8, 4) is 5.75 Å². The van der Waals surface area contributed by atoms with Gasteiger partial charge < -0.3 is 9.47 Å². The number of fused-ring (bicyclic) bond motifs is 1. The Kier molecular flexibility index (Phi) is 5.24. The van der Waals surface area contributed by atoms with Crippen molar-refractivity contribution in [2.45, 2.75) is 19.4 Å². The van der Waals surface area contributed by atoms with Crippen LogP contribution >= 0.6 is 11.6 Å². The highest BCUT2D eigenvalue weighted by atomic mass is 35.5. The highest BCUT2D eigenvalue weighted by Gasteiger charge is 2.26. The van der Waals surface area contributed by atoms with Crippen LogP contribution in [0.4, 0.5) is 5.69 Å². The summed E-state index contributed by atoms with van der Waals surface area (Å²) >= 11 is 6.13. The summed E-state index contributed by atoms with van der Waals surface area (Å²) in [6.07, 6.45) is -0.294. The van der Waals surface area contributed by atoms with E-state index < -0.39 is 12.1 Å². The molecule has 2 aromatic carbocycles. The Hall–Kier alpha value is -2.53. The smallest absolute Gasteiger partial charge is 0.326 e. The number of halogens is 1. The van der Waals surface area contributed by atoms with Gasteiger partial charge in [0.1, 0.15) is 18.4 Å². The summed E-state index contributed by atoms with van der Waals surface area (Å²) in [4.78, 5) is 26.1. The van der Waals surface area contributed by atoms with Crippen LogP contribution in [0.1, 0.15) is 25.0 Å². The molecule has 2 aromatic rings. The van der Waals surface area contributed by atoms with Crippen LogP contribution in [0, 0.1) is 0 Å². The maximum absolute atomic E-state index is 12.4. The predicted octanol–water partition coefficient (Wildman–Crippen LogP) is 3.76. The van der Waals surface area contributed by atoms with Crippen LogP contribution in [0.5, 0.6) is 5.75 Å². The van der Waals surface area contributed by atoms with E-state index in [0.717, 1.165) is 5.56 Å². The van der Waals surface area contributed by atoms with Gasteiger partial charge in [-0.2, -0.15) is 0 Å². The molecule has 0 unspecified atom stereocenters. The van der Waals surface area contributed by atoms with E-state index in [-0.39, 0.29) is 25.5 Å². The van der Waals surface area contributed by atoms with Crippen LogP contribution in [0.3, 0.4) is 0 Å². The van der Waals surface area contributed by atoms with E-state index in [0.29, 0.717) is 16.5 Å². The molecule has 1 amide bonds. The van der Waals surface area contributed by atoms with Crippen LogP contribution in [0.25, 0.3) is 0 Å². The Balaban J connectivity index is 1.74. The largest absolute Gasteiger partial charge is 0.491 e. The summed E-state index contributed by atoms with van der Waals surface area (Å²) < 4.78 is 11.0. The van der Waals surface area contributed by atoms with Gasteiger partial charge in [-0.3, -0.25) is 14.5 Å². The zero-order valence-electron chi connectivity index (χ0n) is 13.8. The van der Waals surface area contributed by atoms with E-state index in [1.54, 1.807) is 37.3 Å². The van der Waals surface area contributed by atoms with E-state index in [1.807, 2.05) is 18.2 Å². The van der Waals surface area contributed by atoms with Gasteiger partial charge in [-0.15, -0.1) is 0 Å². The van der Waals surface area contributed by atoms with Gasteiger partial charge in [-0.05, 0) is 25.1 Å². The Morgan fingerprint density at radius 3 is 2.76 bits per heavy atom. The lowest BCUT2D eigenvalue weighted by Gasteiger charge is -2.22. The summed E-state index contributed by atoms with van der Waals surface area (Å²) in [7, 11) is 0. The molecule has 0 aromatic heterocycles. The number of carbonyl (C=O) groups is 2. The normalized spacial score (nSPS) is 15.0. The second-order valence-corrected chi connectivity index (χ2v) is 6.11. The number of carbonyl (C=O) groups excluding carboxylic acids is 2. The number of benzene rings is 2. The van der Waals surface area contributed by atoms with Crippen LogP contribution in [0.2, 0.25) is 5.02 Å². The fraction of sp³-hybridized carbons (Fsp3) is 0.263. The lowest BCUT2D eigenvalue weighted by molar-refractivity contribution is -0.147. The third-order valence-corrected chi connectivity index (χ3v) is 4.31. The van der Waals surface area contributed by atoms with E-state index in [9.17, 15) is 9.59 Å². The first-order valence-electron chi connectivity index (χ1n) is 8.02. The number of para-hydroxylation sites is 2. The first-order chi connectivity index (χ1) is 12.1. The highest BCUT2D eigenvalue weighted by Crippen LogP contribution is 2.31. The van der Waals surface area contributed by atoms with Crippen molar-refractivity contribution < 1.29 is 19.1 Å². The van der Waals surface area contributed by atoms with Crippen LogP contribution in [0.15, 0.2) is 48.5 Å². The molecule has 0 aliphatic carbocycles. The van der Waals surface area contributed by atoms with Crippen molar-refractivity contribution in [1.29, 1.82) is 0 Å². The molecule has 6 heteroatoms. The number of hydrogen-bond donors (Lipinski definition) is 0. The van der Waals surface area contributed by atoms with Crippen molar-refractivity contribution in [3.63, 3.8) is 0 Å². The minimum absolute atomic E-state index is 0.173. The zero-order valence-corrected chi connectivity index (χ0v) is 14.5. The fourth-order valence-electron chi connectivity index (χ4n) is 2.72. The van der Waals surface area contributed by atoms with Crippen LogP contribution < -0.4 is 9.64 Å². The molecule has 0 saturated heterocycles. The van der Waals surface area contributed by atoms with E-state index >= 15 is 0 Å². The SMILES string of the molecule is C[C@@H](OC(=O)CN1C(=O)CCOc2ccccc21)c1ccccc1Cl. The van der Waals surface area contributed by atoms with Crippen LogP contribution in [-0.4, -0.2) is 25.0 Å². The zero-order chi connectivity index (χ0) is 17.8. The molecule has 1 atom stereocenters. The van der Waals surface area contributed by atoms with Gasteiger partial charge in [0, 0.05) is 10.6 Å². The maximum atomic E-state index is 12.4. The molecule has 0 fully saturated rings. The first kappa shape index (κ1) is 17.3. The maximum Gasteiger partial charge on any atom is 0.326 e. The number of ether oxygens (including phenoxy) is 2. The molecule has 5 nitrogen and oxygen atoms in total. The molecule has 3 rings (SSSR count). The Labute approximate surface area is 151 Å². The number of hydrogen-bond acceptors (Lipinski definition) is 4. The summed E-state index contributed by atoms with van der Waals surface area (Å²) in [6.45, 7) is 1.87. The molecule has 25 heavy (non-hydrogen) atoms. The van der Waals surface area contributed by atoms with Crippen molar-refractivity contribution in [2.24, 2.45) is 0 Å². The van der Waals surface area contributed by atoms with E-state index in [4.69, 9.17) is 21.1 Å². The monoisotopic (exact) mass is 359 g/mol. The first-order valence-corrected chi connectivity index (χ1v) is 8.40. The van der Waals surface area contributed by atoms with E-state index in [2.05, 4.69) is 0 Å². The third kappa shape index (κ3) is 3.94. The van der Waals surface area contributed by atoms with Crippen molar-refractivity contribution in [2.75, 3.05) is 18.1 Å². The second kappa shape index (κ2) is 7.57. The van der Waals surface area contributed by atoms with Gasteiger partial charge in [0.05, 0.1) is 18.7 Å². The van der Waals surface area contributed by atoms with Gasteiger partial charge in [0.25, 0.3) is 0 Å². The number of esters is 1. The molecule has 1 aliphatic rings. The predicted molar refractivity (Wildman–Crippen MR) is 94.9 cm³/mol. The van der Waals surface area contributed by atoms with Gasteiger partial charge in [-0.1, -0.05) is 41.9 Å². The molecule has 1 heterocycles. The Morgan fingerprint density at radius 1 is 1.24 bits per heavy atom. The molecule has 0 bridgehead atoms. The second-order valence-electron chi connectivity index (χ2n) is 5.70.